The topological polar surface area (TPSA) is 94.7 Å². The highest BCUT2D eigenvalue weighted by Gasteiger charge is 2.14. The minimum absolute atomic E-state index is 0.127. The van der Waals surface area contributed by atoms with Crippen LogP contribution in [-0.2, 0) is 0 Å². The van der Waals surface area contributed by atoms with Crippen LogP contribution in [0.5, 0.6) is 0 Å². The molecule has 3 heterocycles. The van der Waals surface area contributed by atoms with Gasteiger partial charge in [0, 0.05) is 34.9 Å². The van der Waals surface area contributed by atoms with Crippen molar-refractivity contribution in [3.8, 4) is 11.5 Å². The summed E-state index contributed by atoms with van der Waals surface area (Å²) in [7, 11) is 0. The molecule has 1 N–H and O–H groups in total. The van der Waals surface area contributed by atoms with Crippen molar-refractivity contribution in [3.05, 3.63) is 96.6 Å². The van der Waals surface area contributed by atoms with Gasteiger partial charge in [-0.15, -0.1) is 10.2 Å². The SMILES string of the molecule is CC(C)n1cnnc1-c1cccc(NC(=O)c2ccc3cn(C(=O)c4ccccc4)cc3c2)n1. The van der Waals surface area contributed by atoms with Gasteiger partial charge in [-0.2, -0.15) is 0 Å². The molecule has 8 nitrogen and oxygen atoms in total. The summed E-state index contributed by atoms with van der Waals surface area (Å²) < 4.78 is 3.46. The van der Waals surface area contributed by atoms with Crippen molar-refractivity contribution in [2.24, 2.45) is 0 Å². The number of benzene rings is 2. The maximum atomic E-state index is 12.9. The van der Waals surface area contributed by atoms with E-state index in [1.165, 1.54) is 4.57 Å². The third-order valence-electron chi connectivity index (χ3n) is 5.51. The lowest BCUT2D eigenvalue weighted by Gasteiger charge is -2.10. The van der Waals surface area contributed by atoms with Crippen LogP contribution < -0.4 is 5.32 Å². The highest BCUT2D eigenvalue weighted by atomic mass is 16.2. The summed E-state index contributed by atoms with van der Waals surface area (Å²) in [5.74, 6) is 0.631. The van der Waals surface area contributed by atoms with E-state index < -0.39 is 0 Å². The molecule has 0 fully saturated rings. The Morgan fingerprint density at radius 3 is 2.47 bits per heavy atom. The molecule has 0 aliphatic carbocycles. The molecule has 8 heteroatoms. The van der Waals surface area contributed by atoms with Crippen molar-refractivity contribution < 1.29 is 9.59 Å². The van der Waals surface area contributed by atoms with Crippen molar-refractivity contribution in [1.82, 2.24) is 24.3 Å². The van der Waals surface area contributed by atoms with Gasteiger partial charge in [-0.25, -0.2) is 4.98 Å². The first-order valence-corrected chi connectivity index (χ1v) is 10.9. The number of fused-ring (bicyclic) bond motifs is 1. The Morgan fingerprint density at radius 1 is 0.882 bits per heavy atom. The zero-order valence-electron chi connectivity index (χ0n) is 18.7. The number of hydrogen-bond donors (Lipinski definition) is 1. The maximum Gasteiger partial charge on any atom is 0.261 e. The van der Waals surface area contributed by atoms with E-state index in [-0.39, 0.29) is 17.9 Å². The zero-order valence-corrected chi connectivity index (χ0v) is 18.7. The molecule has 5 aromatic rings. The Hall–Kier alpha value is -4.59. The second-order valence-electron chi connectivity index (χ2n) is 8.20. The predicted molar refractivity (Wildman–Crippen MR) is 130 cm³/mol. The van der Waals surface area contributed by atoms with Crippen LogP contribution in [0.4, 0.5) is 5.82 Å². The molecule has 5 rings (SSSR count). The number of nitrogens with zero attached hydrogens (tertiary/aromatic N) is 5. The fourth-order valence-electron chi connectivity index (χ4n) is 3.75. The summed E-state index contributed by atoms with van der Waals surface area (Å²) >= 11 is 0. The highest BCUT2D eigenvalue weighted by molar-refractivity contribution is 6.06. The fourth-order valence-corrected chi connectivity index (χ4v) is 3.75. The molecule has 2 aromatic carbocycles. The lowest BCUT2D eigenvalue weighted by Crippen LogP contribution is -2.13. The largest absolute Gasteiger partial charge is 0.310 e. The van der Waals surface area contributed by atoms with Crippen LogP contribution in [0.25, 0.3) is 22.3 Å². The van der Waals surface area contributed by atoms with Gasteiger partial charge in [-0.05, 0) is 55.6 Å². The fraction of sp³-hybridized carbons (Fsp3) is 0.115. The van der Waals surface area contributed by atoms with E-state index >= 15 is 0 Å². The number of hydrogen-bond acceptors (Lipinski definition) is 5. The van der Waals surface area contributed by atoms with Crippen LogP contribution in [0, 0.1) is 0 Å². The van der Waals surface area contributed by atoms with Gasteiger partial charge in [-0.3, -0.25) is 14.2 Å². The molecule has 0 aliphatic rings. The lowest BCUT2D eigenvalue weighted by molar-refractivity contribution is 0.0959. The van der Waals surface area contributed by atoms with Crippen LogP contribution in [0.2, 0.25) is 0 Å². The number of pyridine rings is 1. The molecule has 0 bridgehead atoms. The van der Waals surface area contributed by atoms with Crippen molar-refractivity contribution in [1.29, 1.82) is 0 Å². The average molecular weight is 451 g/mol. The summed E-state index contributed by atoms with van der Waals surface area (Å²) in [5.41, 5.74) is 1.69. The third-order valence-corrected chi connectivity index (χ3v) is 5.51. The summed E-state index contributed by atoms with van der Waals surface area (Å²) in [4.78, 5) is 30.2. The second kappa shape index (κ2) is 8.74. The number of rotatable bonds is 5. The van der Waals surface area contributed by atoms with Crippen LogP contribution >= 0.6 is 0 Å². The van der Waals surface area contributed by atoms with Crippen molar-refractivity contribution >= 4 is 28.4 Å². The Balaban J connectivity index is 1.38. The van der Waals surface area contributed by atoms with Gasteiger partial charge < -0.3 is 9.88 Å². The molecule has 0 radical (unpaired) electrons. The first kappa shape index (κ1) is 21.3. The van der Waals surface area contributed by atoms with Gasteiger partial charge in [0.05, 0.1) is 0 Å². The predicted octanol–water partition coefficient (Wildman–Crippen LogP) is 4.82. The number of carbonyl (C=O) groups is 2. The minimum atomic E-state index is -0.293. The second-order valence-corrected chi connectivity index (χ2v) is 8.20. The number of carbonyl (C=O) groups excluding carboxylic acids is 2. The van der Waals surface area contributed by atoms with Gasteiger partial charge in [0.1, 0.15) is 17.8 Å². The Bertz CT molecular complexity index is 1500. The molecular weight excluding hydrogens is 428 g/mol. The summed E-state index contributed by atoms with van der Waals surface area (Å²) in [6.07, 6.45) is 5.16. The van der Waals surface area contributed by atoms with Crippen LogP contribution in [0.3, 0.4) is 0 Å². The van der Waals surface area contributed by atoms with Gasteiger partial charge in [0.2, 0.25) is 0 Å². The van der Waals surface area contributed by atoms with E-state index in [2.05, 4.69) is 20.5 Å². The van der Waals surface area contributed by atoms with Gasteiger partial charge in [-0.1, -0.05) is 30.3 Å². The summed E-state index contributed by atoms with van der Waals surface area (Å²) in [5, 5.41) is 12.7. The Labute approximate surface area is 195 Å². The number of nitrogens with one attached hydrogen (secondary N) is 1. The first-order chi connectivity index (χ1) is 16.5. The quantitative estimate of drug-likeness (QED) is 0.414. The van der Waals surface area contributed by atoms with Gasteiger partial charge >= 0.3 is 0 Å². The minimum Gasteiger partial charge on any atom is -0.310 e. The molecule has 3 aromatic heterocycles. The van der Waals surface area contributed by atoms with Crippen molar-refractivity contribution in [2.45, 2.75) is 19.9 Å². The molecule has 0 saturated heterocycles. The number of anilines is 1. The van der Waals surface area contributed by atoms with E-state index in [0.29, 0.717) is 28.5 Å². The number of aromatic nitrogens is 5. The van der Waals surface area contributed by atoms with Crippen molar-refractivity contribution in [2.75, 3.05) is 5.32 Å². The van der Waals surface area contributed by atoms with E-state index in [1.54, 1.807) is 49.1 Å². The number of amides is 1. The van der Waals surface area contributed by atoms with E-state index in [4.69, 9.17) is 0 Å². The molecule has 1 amide bonds. The van der Waals surface area contributed by atoms with Crippen LogP contribution in [-0.4, -0.2) is 36.1 Å². The molecule has 168 valence electrons. The molecule has 0 aliphatic heterocycles. The lowest BCUT2D eigenvalue weighted by atomic mass is 10.1. The maximum absolute atomic E-state index is 12.9. The smallest absolute Gasteiger partial charge is 0.261 e. The van der Waals surface area contributed by atoms with E-state index in [0.717, 1.165) is 10.8 Å². The van der Waals surface area contributed by atoms with Crippen LogP contribution in [0.1, 0.15) is 40.6 Å². The Kier molecular flexibility index (Phi) is 5.47. The molecule has 0 saturated carbocycles. The molecule has 34 heavy (non-hydrogen) atoms. The standard InChI is InChI=1S/C26H22N6O2/c1-17(2)32-16-27-30-24(32)22-9-6-10-23(28-22)29-25(33)19-11-12-20-14-31(15-21(20)13-19)26(34)18-7-4-3-5-8-18/h3-17H,1-2H3,(H,28,29,33). The summed E-state index contributed by atoms with van der Waals surface area (Å²) in [6.45, 7) is 4.07. The molecule has 0 unspecified atom stereocenters. The van der Waals surface area contributed by atoms with Gasteiger partial charge in [0.25, 0.3) is 11.8 Å². The van der Waals surface area contributed by atoms with E-state index in [1.807, 2.05) is 54.8 Å². The molecular formula is C26H22N6O2. The zero-order chi connectivity index (χ0) is 23.7. The third kappa shape index (κ3) is 4.09. The monoisotopic (exact) mass is 450 g/mol. The normalized spacial score (nSPS) is 11.1. The summed E-state index contributed by atoms with van der Waals surface area (Å²) in [6, 6.07) is 19.9. The molecule has 0 spiro atoms. The average Bonchev–Trinajstić information content (AvgIpc) is 3.51. The molecule has 0 atom stereocenters. The first-order valence-electron chi connectivity index (χ1n) is 10.9. The highest BCUT2D eigenvalue weighted by Crippen LogP contribution is 2.22. The van der Waals surface area contributed by atoms with Gasteiger partial charge in [0.15, 0.2) is 5.82 Å². The van der Waals surface area contributed by atoms with Crippen LogP contribution in [0.15, 0.2) is 85.5 Å². The van der Waals surface area contributed by atoms with Crippen molar-refractivity contribution in [3.63, 3.8) is 0 Å². The Morgan fingerprint density at radius 2 is 1.68 bits per heavy atom. The van der Waals surface area contributed by atoms with E-state index in [9.17, 15) is 9.59 Å².